The molecule has 150 valence electrons. The maximum absolute atomic E-state index is 13.1. The summed E-state index contributed by atoms with van der Waals surface area (Å²) in [4.78, 5) is 32.0. The van der Waals surface area contributed by atoms with E-state index in [9.17, 15) is 9.59 Å². The molecule has 1 amide bonds. The summed E-state index contributed by atoms with van der Waals surface area (Å²) in [6.07, 6.45) is 0. The summed E-state index contributed by atoms with van der Waals surface area (Å²) in [7, 11) is 0. The molecule has 1 aliphatic heterocycles. The number of carbonyl (C=O) groups excluding carboxylic acids is 2. The fourth-order valence-corrected chi connectivity index (χ4v) is 3.62. The van der Waals surface area contributed by atoms with Gasteiger partial charge in [-0.2, -0.15) is 0 Å². The van der Waals surface area contributed by atoms with Crippen molar-refractivity contribution in [3.8, 4) is 0 Å². The van der Waals surface area contributed by atoms with Crippen molar-refractivity contribution in [2.75, 3.05) is 4.90 Å². The summed E-state index contributed by atoms with van der Waals surface area (Å²) in [5.74, 6) is -1.01. The van der Waals surface area contributed by atoms with Crippen LogP contribution in [-0.4, -0.2) is 17.6 Å². The Kier molecular flexibility index (Phi) is 5.57. The smallest absolute Gasteiger partial charge is 0.312 e. The van der Waals surface area contributed by atoms with Crippen LogP contribution in [0, 0.1) is 6.92 Å². The Labute approximate surface area is 183 Å². The molecule has 0 saturated carbocycles. The van der Waals surface area contributed by atoms with Crippen LogP contribution < -0.4 is 4.90 Å². The molecule has 3 aromatic rings. The van der Waals surface area contributed by atoms with E-state index in [1.54, 1.807) is 65.6 Å². The molecule has 30 heavy (non-hydrogen) atoms. The van der Waals surface area contributed by atoms with E-state index in [0.717, 1.165) is 11.1 Å². The lowest BCUT2D eigenvalue weighted by atomic mass is 10.1. The van der Waals surface area contributed by atoms with Crippen LogP contribution in [-0.2, 0) is 16.2 Å². The first kappa shape index (κ1) is 20.1. The predicted molar refractivity (Wildman–Crippen MR) is 117 cm³/mol. The quantitative estimate of drug-likeness (QED) is 0.404. The van der Waals surface area contributed by atoms with Crippen LogP contribution in [0.5, 0.6) is 0 Å². The van der Waals surface area contributed by atoms with E-state index in [4.69, 9.17) is 28.0 Å². The van der Waals surface area contributed by atoms with Crippen LogP contribution in [0.2, 0.25) is 10.0 Å². The highest BCUT2D eigenvalue weighted by Gasteiger charge is 2.35. The zero-order valence-corrected chi connectivity index (χ0v) is 17.4. The minimum absolute atomic E-state index is 0.0659. The predicted octanol–water partition coefficient (Wildman–Crippen LogP) is 5.41. The molecule has 3 aromatic carbocycles. The van der Waals surface area contributed by atoms with Gasteiger partial charge in [-0.15, -0.1) is 0 Å². The van der Waals surface area contributed by atoms with Crippen LogP contribution >= 0.6 is 23.2 Å². The summed E-state index contributed by atoms with van der Waals surface area (Å²) in [6.45, 7) is 2.15. The van der Waals surface area contributed by atoms with Gasteiger partial charge in [-0.1, -0.05) is 70.3 Å². The molecule has 1 aliphatic rings. The number of para-hydroxylation sites is 1. The Morgan fingerprint density at radius 2 is 1.77 bits per heavy atom. The van der Waals surface area contributed by atoms with Crippen LogP contribution in [0.3, 0.4) is 0 Å². The van der Waals surface area contributed by atoms with Gasteiger partial charge in [-0.3, -0.25) is 4.79 Å². The molecular weight excluding hydrogens is 423 g/mol. The number of amides is 1. The Morgan fingerprint density at radius 3 is 2.50 bits per heavy atom. The normalized spacial score (nSPS) is 14.2. The molecule has 0 aromatic heterocycles. The van der Waals surface area contributed by atoms with Gasteiger partial charge in [0.05, 0.1) is 17.8 Å². The van der Waals surface area contributed by atoms with Crippen molar-refractivity contribution in [1.29, 1.82) is 0 Å². The molecule has 0 saturated heterocycles. The second kappa shape index (κ2) is 8.30. The van der Waals surface area contributed by atoms with Crippen LogP contribution in [0.1, 0.15) is 27.0 Å². The molecule has 0 atom stereocenters. The molecule has 0 fully saturated rings. The summed E-state index contributed by atoms with van der Waals surface area (Å²) in [6, 6.07) is 19.2. The van der Waals surface area contributed by atoms with Crippen molar-refractivity contribution >= 4 is 46.5 Å². The van der Waals surface area contributed by atoms with Gasteiger partial charge >= 0.3 is 5.97 Å². The van der Waals surface area contributed by atoms with Crippen molar-refractivity contribution < 1.29 is 14.4 Å². The molecule has 4 rings (SSSR count). The fraction of sp³-hybridized carbons (Fsp3) is 0.0870. The van der Waals surface area contributed by atoms with E-state index in [1.807, 2.05) is 13.0 Å². The Balaban J connectivity index is 1.62. The maximum Gasteiger partial charge on any atom is 0.365 e. The lowest BCUT2D eigenvalue weighted by Crippen LogP contribution is -2.30. The number of anilines is 1. The Morgan fingerprint density at radius 1 is 1.03 bits per heavy atom. The molecule has 0 radical (unpaired) electrons. The van der Waals surface area contributed by atoms with Crippen LogP contribution in [0.25, 0.3) is 0 Å². The van der Waals surface area contributed by atoms with Gasteiger partial charge in [0.15, 0.2) is 5.71 Å². The third-order valence-electron chi connectivity index (χ3n) is 4.75. The summed E-state index contributed by atoms with van der Waals surface area (Å²) in [5.41, 5.74) is 3.43. The van der Waals surface area contributed by atoms with Gasteiger partial charge in [0, 0.05) is 15.6 Å². The Bertz CT molecular complexity index is 1170. The van der Waals surface area contributed by atoms with Crippen LogP contribution in [0.15, 0.2) is 71.9 Å². The minimum atomic E-state index is -0.632. The summed E-state index contributed by atoms with van der Waals surface area (Å²) >= 11 is 12.2. The van der Waals surface area contributed by atoms with E-state index in [1.165, 1.54) is 0 Å². The van der Waals surface area contributed by atoms with Crippen LogP contribution in [0.4, 0.5) is 5.69 Å². The number of fused-ring (bicyclic) bond motifs is 1. The molecule has 0 unspecified atom stereocenters. The number of halogens is 2. The number of aryl methyl sites for hydroxylation is 1. The molecular formula is C23H16Cl2N2O3. The molecule has 0 N–H and O–H groups in total. The van der Waals surface area contributed by atoms with Crippen molar-refractivity contribution in [1.82, 2.24) is 0 Å². The molecule has 0 bridgehead atoms. The van der Waals surface area contributed by atoms with Crippen molar-refractivity contribution in [3.63, 3.8) is 0 Å². The molecule has 1 heterocycles. The molecule has 7 heteroatoms. The zero-order valence-electron chi connectivity index (χ0n) is 15.9. The zero-order chi connectivity index (χ0) is 21.3. The van der Waals surface area contributed by atoms with Gasteiger partial charge < -0.3 is 9.74 Å². The highest BCUT2D eigenvalue weighted by Crippen LogP contribution is 2.32. The van der Waals surface area contributed by atoms with E-state index in [0.29, 0.717) is 26.9 Å². The summed E-state index contributed by atoms with van der Waals surface area (Å²) < 4.78 is 0. The molecule has 5 nitrogen and oxygen atoms in total. The third kappa shape index (κ3) is 3.95. The highest BCUT2D eigenvalue weighted by atomic mass is 35.5. The third-order valence-corrected chi connectivity index (χ3v) is 5.34. The molecule has 0 aliphatic carbocycles. The number of carbonyl (C=O) groups is 2. The molecule has 0 spiro atoms. The SMILES string of the molecule is Cc1ccc(C(=O)O/N=C2/C(=O)N(Cc3ccc(Cl)cc3Cl)c3ccccc32)cc1. The number of nitrogens with zero attached hydrogens (tertiary/aromatic N) is 2. The first-order valence-corrected chi connectivity index (χ1v) is 9.91. The topological polar surface area (TPSA) is 59.0 Å². The number of benzene rings is 3. The van der Waals surface area contributed by atoms with Gasteiger partial charge in [-0.05, 0) is 42.8 Å². The van der Waals surface area contributed by atoms with E-state index in [-0.39, 0.29) is 18.2 Å². The lowest BCUT2D eigenvalue weighted by molar-refractivity contribution is -0.112. The van der Waals surface area contributed by atoms with E-state index in [2.05, 4.69) is 5.16 Å². The minimum Gasteiger partial charge on any atom is -0.312 e. The maximum atomic E-state index is 13.1. The van der Waals surface area contributed by atoms with Gasteiger partial charge in [0.1, 0.15) is 0 Å². The van der Waals surface area contributed by atoms with Crippen molar-refractivity contribution in [2.45, 2.75) is 13.5 Å². The van der Waals surface area contributed by atoms with E-state index < -0.39 is 5.97 Å². The number of rotatable bonds is 4. The first-order chi connectivity index (χ1) is 14.4. The average molecular weight is 439 g/mol. The first-order valence-electron chi connectivity index (χ1n) is 9.15. The van der Waals surface area contributed by atoms with Crippen molar-refractivity contribution in [3.05, 3.63) is 99.0 Å². The van der Waals surface area contributed by atoms with E-state index >= 15 is 0 Å². The summed E-state index contributed by atoms with van der Waals surface area (Å²) in [5, 5.41) is 4.87. The largest absolute Gasteiger partial charge is 0.365 e. The second-order valence-electron chi connectivity index (χ2n) is 6.83. The number of hydrogen-bond donors (Lipinski definition) is 0. The van der Waals surface area contributed by atoms with Gasteiger partial charge in [0.25, 0.3) is 5.91 Å². The number of oxime groups is 1. The number of hydrogen-bond acceptors (Lipinski definition) is 4. The van der Waals surface area contributed by atoms with Gasteiger partial charge in [-0.25, -0.2) is 4.79 Å². The average Bonchev–Trinajstić information content (AvgIpc) is 3.00. The lowest BCUT2D eigenvalue weighted by Gasteiger charge is -2.17. The standard InChI is InChI=1S/C23H16Cl2N2O3/c1-14-6-8-15(9-7-14)23(29)30-26-21-18-4-2-3-5-20(18)27(22(21)28)13-16-10-11-17(24)12-19(16)25/h2-12H,13H2,1H3/b26-21+. The fourth-order valence-electron chi connectivity index (χ4n) is 3.16. The van der Waals surface area contributed by atoms with Crippen molar-refractivity contribution in [2.24, 2.45) is 5.16 Å². The second-order valence-corrected chi connectivity index (χ2v) is 7.67. The monoisotopic (exact) mass is 438 g/mol. The van der Waals surface area contributed by atoms with Gasteiger partial charge in [0.2, 0.25) is 0 Å². The highest BCUT2D eigenvalue weighted by molar-refractivity contribution is 6.54. The Hall–Kier alpha value is -3.15.